The summed E-state index contributed by atoms with van der Waals surface area (Å²) in [5.74, 6) is 2.70. The number of hydrogen-bond donors (Lipinski definition) is 1. The van der Waals surface area contributed by atoms with Crippen LogP contribution in [0.1, 0.15) is 72.1 Å². The average molecular weight is 238 g/mol. The minimum Gasteiger partial charge on any atom is -0.390 e. The van der Waals surface area contributed by atoms with Gasteiger partial charge in [0, 0.05) is 0 Å². The highest BCUT2D eigenvalue weighted by Crippen LogP contribution is 2.46. The van der Waals surface area contributed by atoms with Crippen LogP contribution < -0.4 is 0 Å². The fraction of sp³-hybridized carbons (Fsp3) is 1.00. The van der Waals surface area contributed by atoms with Crippen molar-refractivity contribution < 1.29 is 5.11 Å². The van der Waals surface area contributed by atoms with Gasteiger partial charge in [-0.1, -0.05) is 52.9 Å². The number of rotatable bonds is 3. The van der Waals surface area contributed by atoms with Crippen LogP contribution in [0.2, 0.25) is 0 Å². The van der Waals surface area contributed by atoms with Gasteiger partial charge in [-0.25, -0.2) is 0 Å². The summed E-state index contributed by atoms with van der Waals surface area (Å²) >= 11 is 0. The molecule has 2 saturated carbocycles. The van der Waals surface area contributed by atoms with E-state index in [1.54, 1.807) is 0 Å². The van der Waals surface area contributed by atoms with Crippen LogP contribution in [0.15, 0.2) is 0 Å². The SMILES string of the molecule is CC1CCC(C(C)C)C(O)(CC2CCCC2)C1. The van der Waals surface area contributed by atoms with Crippen molar-refractivity contribution in [1.29, 1.82) is 0 Å². The lowest BCUT2D eigenvalue weighted by Crippen LogP contribution is -2.46. The molecule has 0 spiro atoms. The van der Waals surface area contributed by atoms with E-state index in [1.165, 1.54) is 38.5 Å². The summed E-state index contributed by atoms with van der Waals surface area (Å²) in [7, 11) is 0. The molecule has 0 saturated heterocycles. The molecule has 1 nitrogen and oxygen atoms in total. The number of hydrogen-bond acceptors (Lipinski definition) is 1. The highest BCUT2D eigenvalue weighted by atomic mass is 16.3. The molecule has 0 bridgehead atoms. The van der Waals surface area contributed by atoms with Crippen molar-refractivity contribution in [2.24, 2.45) is 23.7 Å². The second-order valence-electron chi connectivity index (χ2n) is 7.20. The van der Waals surface area contributed by atoms with Gasteiger partial charge in [0.2, 0.25) is 0 Å². The summed E-state index contributed by atoms with van der Waals surface area (Å²) in [5.41, 5.74) is -0.346. The van der Waals surface area contributed by atoms with Crippen molar-refractivity contribution in [3.05, 3.63) is 0 Å². The normalized spacial score (nSPS) is 40.1. The Bertz CT molecular complexity index is 242. The Labute approximate surface area is 107 Å². The van der Waals surface area contributed by atoms with Crippen molar-refractivity contribution in [2.45, 2.75) is 77.7 Å². The van der Waals surface area contributed by atoms with Crippen LogP contribution in [0, 0.1) is 23.7 Å². The van der Waals surface area contributed by atoms with E-state index < -0.39 is 0 Å². The van der Waals surface area contributed by atoms with E-state index in [0.29, 0.717) is 11.8 Å². The van der Waals surface area contributed by atoms with Crippen molar-refractivity contribution in [1.82, 2.24) is 0 Å². The highest BCUT2D eigenvalue weighted by molar-refractivity contribution is 4.95. The van der Waals surface area contributed by atoms with Crippen LogP contribution in [0.4, 0.5) is 0 Å². The fourth-order valence-corrected chi connectivity index (χ4v) is 4.49. The topological polar surface area (TPSA) is 20.2 Å². The third kappa shape index (κ3) is 3.05. The first-order chi connectivity index (χ1) is 8.01. The zero-order valence-electron chi connectivity index (χ0n) is 11.9. The van der Waals surface area contributed by atoms with E-state index >= 15 is 0 Å². The van der Waals surface area contributed by atoms with Crippen molar-refractivity contribution in [3.63, 3.8) is 0 Å². The summed E-state index contributed by atoms with van der Waals surface area (Å²) < 4.78 is 0. The maximum absolute atomic E-state index is 11.1. The van der Waals surface area contributed by atoms with Crippen LogP contribution in [0.5, 0.6) is 0 Å². The van der Waals surface area contributed by atoms with Gasteiger partial charge < -0.3 is 5.11 Å². The molecule has 2 aliphatic carbocycles. The molecule has 0 aromatic carbocycles. The van der Waals surface area contributed by atoms with Crippen LogP contribution in [0.3, 0.4) is 0 Å². The third-order valence-electron chi connectivity index (χ3n) is 5.28. The molecule has 17 heavy (non-hydrogen) atoms. The summed E-state index contributed by atoms with van der Waals surface area (Å²) in [6.07, 6.45) is 10.2. The second-order valence-corrected chi connectivity index (χ2v) is 7.20. The molecule has 2 aliphatic rings. The maximum atomic E-state index is 11.1. The van der Waals surface area contributed by atoms with Gasteiger partial charge in [-0.15, -0.1) is 0 Å². The molecule has 3 unspecified atom stereocenters. The molecule has 1 heteroatoms. The van der Waals surface area contributed by atoms with Gasteiger partial charge in [0.25, 0.3) is 0 Å². The van der Waals surface area contributed by atoms with Crippen LogP contribution >= 0.6 is 0 Å². The molecular formula is C16H30O. The molecule has 1 N–H and O–H groups in total. The smallest absolute Gasteiger partial charge is 0.0683 e. The van der Waals surface area contributed by atoms with E-state index in [4.69, 9.17) is 0 Å². The monoisotopic (exact) mass is 238 g/mol. The first-order valence-electron chi connectivity index (χ1n) is 7.73. The van der Waals surface area contributed by atoms with Gasteiger partial charge in [-0.2, -0.15) is 0 Å². The first kappa shape index (κ1) is 13.4. The molecule has 100 valence electrons. The minimum absolute atomic E-state index is 0.346. The highest BCUT2D eigenvalue weighted by Gasteiger charge is 2.44. The van der Waals surface area contributed by atoms with E-state index in [1.807, 2.05) is 0 Å². The molecule has 2 rings (SSSR count). The lowest BCUT2D eigenvalue weighted by atomic mass is 9.64. The molecule has 2 fully saturated rings. The summed E-state index contributed by atoms with van der Waals surface area (Å²) in [6.45, 7) is 6.90. The molecule has 0 heterocycles. The molecular weight excluding hydrogens is 208 g/mol. The zero-order valence-corrected chi connectivity index (χ0v) is 11.9. The molecule has 0 aromatic heterocycles. The lowest BCUT2D eigenvalue weighted by molar-refractivity contribution is -0.0949. The Kier molecular flexibility index (Phi) is 4.18. The Morgan fingerprint density at radius 3 is 2.35 bits per heavy atom. The Hall–Kier alpha value is -0.0400. The minimum atomic E-state index is -0.346. The maximum Gasteiger partial charge on any atom is 0.0683 e. The Morgan fingerprint density at radius 1 is 1.12 bits per heavy atom. The average Bonchev–Trinajstić information content (AvgIpc) is 2.68. The Balaban J connectivity index is 2.04. The zero-order chi connectivity index (χ0) is 12.5. The Morgan fingerprint density at radius 2 is 1.76 bits per heavy atom. The predicted molar refractivity (Wildman–Crippen MR) is 72.9 cm³/mol. The van der Waals surface area contributed by atoms with Crippen molar-refractivity contribution >= 4 is 0 Å². The molecule has 0 amide bonds. The van der Waals surface area contributed by atoms with Gasteiger partial charge in [-0.3, -0.25) is 0 Å². The quantitative estimate of drug-likeness (QED) is 0.773. The fourth-order valence-electron chi connectivity index (χ4n) is 4.49. The van der Waals surface area contributed by atoms with Gasteiger partial charge in [0.15, 0.2) is 0 Å². The van der Waals surface area contributed by atoms with Gasteiger partial charge >= 0.3 is 0 Å². The lowest BCUT2D eigenvalue weighted by Gasteiger charge is -2.46. The van der Waals surface area contributed by atoms with E-state index in [0.717, 1.165) is 24.7 Å². The predicted octanol–water partition coefficient (Wildman–Crippen LogP) is 4.39. The van der Waals surface area contributed by atoms with Crippen LogP contribution in [0.25, 0.3) is 0 Å². The van der Waals surface area contributed by atoms with Crippen LogP contribution in [-0.2, 0) is 0 Å². The van der Waals surface area contributed by atoms with Crippen LogP contribution in [-0.4, -0.2) is 10.7 Å². The largest absolute Gasteiger partial charge is 0.390 e. The summed E-state index contributed by atoms with van der Waals surface area (Å²) in [4.78, 5) is 0. The summed E-state index contributed by atoms with van der Waals surface area (Å²) in [5, 5.41) is 11.1. The standard InChI is InChI=1S/C16H30O/c1-12(2)15-9-8-13(3)10-16(15,17)11-14-6-4-5-7-14/h12-15,17H,4-11H2,1-3H3. The van der Waals surface area contributed by atoms with E-state index in [-0.39, 0.29) is 5.60 Å². The number of aliphatic hydroxyl groups is 1. The van der Waals surface area contributed by atoms with E-state index in [2.05, 4.69) is 20.8 Å². The first-order valence-corrected chi connectivity index (χ1v) is 7.73. The molecule has 3 atom stereocenters. The van der Waals surface area contributed by atoms with E-state index in [9.17, 15) is 5.11 Å². The molecule has 0 aliphatic heterocycles. The summed E-state index contributed by atoms with van der Waals surface area (Å²) in [6, 6.07) is 0. The van der Waals surface area contributed by atoms with Crippen molar-refractivity contribution in [2.75, 3.05) is 0 Å². The molecule has 0 radical (unpaired) electrons. The van der Waals surface area contributed by atoms with Gasteiger partial charge in [0.05, 0.1) is 5.60 Å². The van der Waals surface area contributed by atoms with Crippen molar-refractivity contribution in [3.8, 4) is 0 Å². The van der Waals surface area contributed by atoms with Gasteiger partial charge in [-0.05, 0) is 42.9 Å². The van der Waals surface area contributed by atoms with Gasteiger partial charge in [0.1, 0.15) is 0 Å². The third-order valence-corrected chi connectivity index (χ3v) is 5.28. The second kappa shape index (κ2) is 5.30. The molecule has 0 aromatic rings.